The third kappa shape index (κ3) is 6.61. The van der Waals surface area contributed by atoms with Gasteiger partial charge < -0.3 is 25.0 Å². The Morgan fingerprint density at radius 3 is 2.64 bits per heavy atom. The fourth-order valence-electron chi connectivity index (χ4n) is 4.27. The van der Waals surface area contributed by atoms with Gasteiger partial charge in [-0.3, -0.25) is 4.79 Å². The molecular formula is C30H34N6O3. The lowest BCUT2D eigenvalue weighted by Crippen LogP contribution is -2.36. The van der Waals surface area contributed by atoms with Crippen molar-refractivity contribution in [3.8, 4) is 11.5 Å². The van der Waals surface area contributed by atoms with E-state index in [2.05, 4.69) is 51.3 Å². The van der Waals surface area contributed by atoms with Gasteiger partial charge in [0.2, 0.25) is 0 Å². The van der Waals surface area contributed by atoms with E-state index >= 15 is 0 Å². The van der Waals surface area contributed by atoms with Crippen molar-refractivity contribution in [3.05, 3.63) is 72.2 Å². The maximum Gasteiger partial charge on any atom is 0.251 e. The quantitative estimate of drug-likeness (QED) is 0.326. The maximum absolute atomic E-state index is 12.6. The number of amides is 1. The van der Waals surface area contributed by atoms with Crippen LogP contribution in [0.3, 0.4) is 0 Å². The average Bonchev–Trinajstić information content (AvgIpc) is 2.93. The maximum atomic E-state index is 12.6. The van der Waals surface area contributed by atoms with Gasteiger partial charge in [0.25, 0.3) is 5.91 Å². The molecule has 2 N–H and O–H groups in total. The van der Waals surface area contributed by atoms with Crippen molar-refractivity contribution in [2.24, 2.45) is 5.41 Å². The topological polar surface area (TPSA) is 102 Å². The molecule has 0 aliphatic carbocycles. The van der Waals surface area contributed by atoms with Crippen molar-refractivity contribution in [1.29, 1.82) is 0 Å². The first-order valence-electron chi connectivity index (χ1n) is 13.1. The lowest BCUT2D eigenvalue weighted by molar-refractivity contribution is 0.0939. The average molecular weight is 527 g/mol. The molecular weight excluding hydrogens is 492 g/mol. The number of pyridine rings is 1. The fraction of sp³-hybridized carbons (Fsp3) is 0.333. The molecule has 202 valence electrons. The highest BCUT2D eigenvalue weighted by molar-refractivity contribution is 5.94. The second-order valence-electron chi connectivity index (χ2n) is 10.9. The monoisotopic (exact) mass is 526 g/mol. The van der Waals surface area contributed by atoms with E-state index in [9.17, 15) is 4.79 Å². The van der Waals surface area contributed by atoms with Crippen molar-refractivity contribution >= 4 is 34.1 Å². The van der Waals surface area contributed by atoms with Gasteiger partial charge in [0.1, 0.15) is 29.5 Å². The molecule has 1 amide bonds. The minimum atomic E-state index is -0.115. The molecule has 0 atom stereocenters. The number of ether oxygens (including phenoxy) is 2. The first-order chi connectivity index (χ1) is 18.7. The van der Waals surface area contributed by atoms with Gasteiger partial charge in [-0.1, -0.05) is 26.8 Å². The van der Waals surface area contributed by atoms with Crippen LogP contribution in [0.25, 0.3) is 10.9 Å². The predicted molar refractivity (Wildman–Crippen MR) is 153 cm³/mol. The Labute approximate surface area is 228 Å². The van der Waals surface area contributed by atoms with Crippen LogP contribution in [0, 0.1) is 12.3 Å². The van der Waals surface area contributed by atoms with Crippen molar-refractivity contribution < 1.29 is 14.3 Å². The summed E-state index contributed by atoms with van der Waals surface area (Å²) in [7, 11) is 0. The minimum Gasteiger partial charge on any atom is -0.457 e. The summed E-state index contributed by atoms with van der Waals surface area (Å²) in [6.07, 6.45) is 3.32. The zero-order valence-corrected chi connectivity index (χ0v) is 22.8. The van der Waals surface area contributed by atoms with Gasteiger partial charge in [0, 0.05) is 36.3 Å². The van der Waals surface area contributed by atoms with Gasteiger partial charge in [-0.25, -0.2) is 15.0 Å². The number of anilines is 3. The Balaban J connectivity index is 1.31. The largest absolute Gasteiger partial charge is 0.457 e. The smallest absolute Gasteiger partial charge is 0.251 e. The number of nitrogens with zero attached hydrogens (tertiary/aromatic N) is 4. The van der Waals surface area contributed by atoms with Crippen molar-refractivity contribution in [1.82, 2.24) is 20.3 Å². The first-order valence-corrected chi connectivity index (χ1v) is 13.1. The lowest BCUT2D eigenvalue weighted by atomic mass is 9.97. The molecule has 1 aliphatic rings. The number of aromatic nitrogens is 3. The molecule has 0 spiro atoms. The summed E-state index contributed by atoms with van der Waals surface area (Å²) in [5.74, 6) is 2.79. The normalized spacial score (nSPS) is 13.8. The predicted octanol–water partition coefficient (Wildman–Crippen LogP) is 5.48. The molecule has 9 nitrogen and oxygen atoms in total. The Hall–Kier alpha value is -4.24. The number of fused-ring (bicyclic) bond motifs is 1. The highest BCUT2D eigenvalue weighted by Crippen LogP contribution is 2.31. The molecule has 0 bridgehead atoms. The van der Waals surface area contributed by atoms with E-state index in [1.54, 1.807) is 18.3 Å². The van der Waals surface area contributed by atoms with E-state index in [4.69, 9.17) is 9.47 Å². The van der Waals surface area contributed by atoms with Crippen molar-refractivity contribution in [3.63, 3.8) is 0 Å². The Bertz CT molecular complexity index is 1480. The molecule has 1 saturated heterocycles. The van der Waals surface area contributed by atoms with E-state index in [1.807, 2.05) is 43.3 Å². The summed E-state index contributed by atoms with van der Waals surface area (Å²) in [5.41, 5.74) is 3.16. The summed E-state index contributed by atoms with van der Waals surface area (Å²) >= 11 is 0. The van der Waals surface area contributed by atoms with Gasteiger partial charge in [-0.15, -0.1) is 0 Å². The molecule has 5 rings (SSSR count). The van der Waals surface area contributed by atoms with E-state index in [-0.39, 0.29) is 11.3 Å². The summed E-state index contributed by atoms with van der Waals surface area (Å²) in [6.45, 7) is 11.8. The third-order valence-electron chi connectivity index (χ3n) is 6.38. The van der Waals surface area contributed by atoms with Crippen LogP contribution >= 0.6 is 0 Å². The second kappa shape index (κ2) is 11.2. The zero-order chi connectivity index (χ0) is 27.4. The van der Waals surface area contributed by atoms with Crippen LogP contribution in [0.5, 0.6) is 11.5 Å². The molecule has 39 heavy (non-hydrogen) atoms. The molecule has 1 fully saturated rings. The van der Waals surface area contributed by atoms with Crippen LogP contribution in [0.4, 0.5) is 17.3 Å². The first kappa shape index (κ1) is 26.4. The van der Waals surface area contributed by atoms with E-state index in [0.29, 0.717) is 42.6 Å². The van der Waals surface area contributed by atoms with Crippen molar-refractivity contribution in [2.45, 2.75) is 27.7 Å². The highest BCUT2D eigenvalue weighted by Gasteiger charge is 2.16. The summed E-state index contributed by atoms with van der Waals surface area (Å²) < 4.78 is 11.6. The number of aryl methyl sites for hydroxylation is 1. The number of nitrogens with one attached hydrogen (secondary N) is 2. The van der Waals surface area contributed by atoms with E-state index in [1.165, 1.54) is 6.33 Å². The molecule has 0 unspecified atom stereocenters. The third-order valence-corrected chi connectivity index (χ3v) is 6.38. The van der Waals surface area contributed by atoms with Gasteiger partial charge in [-0.2, -0.15) is 0 Å². The summed E-state index contributed by atoms with van der Waals surface area (Å²) in [4.78, 5) is 28.3. The number of carbonyl (C=O) groups is 1. The van der Waals surface area contributed by atoms with Crippen LogP contribution in [-0.4, -0.2) is 53.7 Å². The Kier molecular flexibility index (Phi) is 7.60. The second-order valence-corrected chi connectivity index (χ2v) is 10.9. The van der Waals surface area contributed by atoms with Crippen LogP contribution in [0.15, 0.2) is 61.1 Å². The van der Waals surface area contributed by atoms with E-state index < -0.39 is 0 Å². The number of hydrogen-bond acceptors (Lipinski definition) is 8. The molecule has 1 aliphatic heterocycles. The summed E-state index contributed by atoms with van der Waals surface area (Å²) in [5, 5.41) is 7.31. The molecule has 9 heteroatoms. The Morgan fingerprint density at radius 2 is 1.87 bits per heavy atom. The van der Waals surface area contributed by atoms with Crippen LogP contribution in [0.1, 0.15) is 36.7 Å². The number of morpholine rings is 1. The number of hydrogen-bond donors (Lipinski definition) is 2. The van der Waals surface area contributed by atoms with Gasteiger partial charge in [-0.05, 0) is 60.4 Å². The fourth-order valence-corrected chi connectivity index (χ4v) is 4.27. The number of carbonyl (C=O) groups excluding carboxylic acids is 1. The molecule has 2 aromatic carbocycles. The Morgan fingerprint density at radius 1 is 1.05 bits per heavy atom. The minimum absolute atomic E-state index is 0.0106. The lowest BCUT2D eigenvalue weighted by Gasteiger charge is -2.27. The standard InChI is InChI=1S/C30H34N6O3/c1-20-14-22(8-9-26(20)39-23-7-5-6-21(15-23)29(37)32-18-30(2,3)4)35-28-24-16-27(36-10-12-38-13-11-36)31-17-25(24)33-19-34-28/h5-9,14-17,19H,10-13,18H2,1-4H3,(H,32,37)(H,33,34,35). The molecule has 4 aromatic rings. The number of benzene rings is 2. The van der Waals surface area contributed by atoms with Crippen molar-refractivity contribution in [2.75, 3.05) is 43.1 Å². The van der Waals surface area contributed by atoms with Crippen LogP contribution < -0.4 is 20.3 Å². The molecule has 0 radical (unpaired) electrons. The van der Waals surface area contributed by atoms with Gasteiger partial charge in [0.15, 0.2) is 0 Å². The zero-order valence-electron chi connectivity index (χ0n) is 22.8. The van der Waals surface area contributed by atoms with E-state index in [0.717, 1.165) is 41.1 Å². The molecule has 3 heterocycles. The molecule has 2 aromatic heterocycles. The highest BCUT2D eigenvalue weighted by atomic mass is 16.5. The number of rotatable bonds is 7. The van der Waals surface area contributed by atoms with Crippen LogP contribution in [0.2, 0.25) is 0 Å². The van der Waals surface area contributed by atoms with Crippen LogP contribution in [-0.2, 0) is 4.74 Å². The summed E-state index contributed by atoms with van der Waals surface area (Å²) in [6, 6.07) is 15.1. The van der Waals surface area contributed by atoms with Gasteiger partial charge in [0.05, 0.1) is 24.9 Å². The molecule has 0 saturated carbocycles. The van der Waals surface area contributed by atoms with Gasteiger partial charge >= 0.3 is 0 Å². The SMILES string of the molecule is Cc1cc(Nc2ncnc3cnc(N4CCOCC4)cc23)ccc1Oc1cccc(C(=O)NCC(C)(C)C)c1.